The Morgan fingerprint density at radius 1 is 0.931 bits per heavy atom. The average Bonchev–Trinajstić information content (AvgIpc) is 2.75. The number of ether oxygens (including phenoxy) is 2. The monoisotopic (exact) mass is 390 g/mol. The predicted molar refractivity (Wildman–Crippen MR) is 119 cm³/mol. The first-order chi connectivity index (χ1) is 14.1. The topological polar surface area (TPSA) is 59.5 Å². The molecule has 0 atom stereocenters. The summed E-state index contributed by atoms with van der Waals surface area (Å²) in [6.07, 6.45) is 4.72. The SMILES string of the molecule is COc1cc2c(NCCCN(C)C)nc3c4ccncc4ccc3c2cc1OC. The summed E-state index contributed by atoms with van der Waals surface area (Å²) in [6.45, 7) is 1.86. The molecule has 4 aromatic rings. The lowest BCUT2D eigenvalue weighted by molar-refractivity contribution is 0.356. The van der Waals surface area contributed by atoms with Crippen molar-refractivity contribution in [2.24, 2.45) is 0 Å². The average molecular weight is 390 g/mol. The minimum atomic E-state index is 0.697. The quantitative estimate of drug-likeness (QED) is 0.375. The van der Waals surface area contributed by atoms with Crippen molar-refractivity contribution in [3.63, 3.8) is 0 Å². The van der Waals surface area contributed by atoms with Gasteiger partial charge in [-0.2, -0.15) is 0 Å². The fourth-order valence-corrected chi connectivity index (χ4v) is 3.70. The van der Waals surface area contributed by atoms with Crippen LogP contribution in [0.5, 0.6) is 11.5 Å². The van der Waals surface area contributed by atoms with E-state index in [-0.39, 0.29) is 0 Å². The van der Waals surface area contributed by atoms with Crippen LogP contribution in [-0.4, -0.2) is 56.3 Å². The molecule has 0 fully saturated rings. The van der Waals surface area contributed by atoms with Gasteiger partial charge in [-0.15, -0.1) is 0 Å². The fourth-order valence-electron chi connectivity index (χ4n) is 3.70. The van der Waals surface area contributed by atoms with Gasteiger partial charge in [0.15, 0.2) is 11.5 Å². The summed E-state index contributed by atoms with van der Waals surface area (Å²) in [5.41, 5.74) is 0.958. The van der Waals surface area contributed by atoms with Gasteiger partial charge in [-0.25, -0.2) is 4.98 Å². The molecule has 0 spiro atoms. The zero-order valence-electron chi connectivity index (χ0n) is 17.3. The number of fused-ring (bicyclic) bond motifs is 5. The van der Waals surface area contributed by atoms with E-state index in [4.69, 9.17) is 14.5 Å². The van der Waals surface area contributed by atoms with Crippen LogP contribution < -0.4 is 14.8 Å². The highest BCUT2D eigenvalue weighted by atomic mass is 16.5. The maximum absolute atomic E-state index is 5.56. The molecule has 2 aromatic heterocycles. The lowest BCUT2D eigenvalue weighted by Crippen LogP contribution is -2.16. The first kappa shape index (κ1) is 19.2. The molecule has 0 aliphatic carbocycles. The van der Waals surface area contributed by atoms with E-state index in [0.717, 1.165) is 57.8 Å². The van der Waals surface area contributed by atoms with Crippen LogP contribution >= 0.6 is 0 Å². The number of methoxy groups -OCH3 is 2. The Bertz CT molecular complexity index is 1170. The third-order valence-corrected chi connectivity index (χ3v) is 5.16. The Kier molecular flexibility index (Phi) is 5.36. The number of nitrogens with zero attached hydrogens (tertiary/aromatic N) is 3. The van der Waals surface area contributed by atoms with Gasteiger partial charge in [0.05, 0.1) is 19.7 Å². The molecule has 2 heterocycles. The predicted octanol–water partition coefficient (Wildman–Crippen LogP) is 4.32. The molecular weight excluding hydrogens is 364 g/mol. The molecule has 0 unspecified atom stereocenters. The molecule has 0 aliphatic heterocycles. The number of pyridine rings is 2. The zero-order valence-corrected chi connectivity index (χ0v) is 17.3. The molecule has 0 amide bonds. The number of rotatable bonds is 7. The van der Waals surface area contributed by atoms with Gasteiger partial charge in [0.2, 0.25) is 0 Å². The third-order valence-electron chi connectivity index (χ3n) is 5.16. The van der Waals surface area contributed by atoms with Crippen molar-refractivity contribution in [1.82, 2.24) is 14.9 Å². The molecule has 2 aromatic carbocycles. The van der Waals surface area contributed by atoms with Crippen molar-refractivity contribution in [1.29, 1.82) is 0 Å². The largest absolute Gasteiger partial charge is 0.493 e. The fraction of sp³-hybridized carbons (Fsp3) is 0.304. The second-order valence-corrected chi connectivity index (χ2v) is 7.36. The molecule has 29 heavy (non-hydrogen) atoms. The Labute approximate surface area is 170 Å². The van der Waals surface area contributed by atoms with E-state index in [0.29, 0.717) is 11.5 Å². The van der Waals surface area contributed by atoms with Crippen molar-refractivity contribution in [3.8, 4) is 11.5 Å². The second-order valence-electron chi connectivity index (χ2n) is 7.36. The molecule has 150 valence electrons. The highest BCUT2D eigenvalue weighted by Crippen LogP contribution is 2.39. The lowest BCUT2D eigenvalue weighted by Gasteiger charge is -2.16. The van der Waals surface area contributed by atoms with Gasteiger partial charge in [0, 0.05) is 40.5 Å². The molecule has 0 aliphatic rings. The van der Waals surface area contributed by atoms with Crippen molar-refractivity contribution in [2.45, 2.75) is 6.42 Å². The van der Waals surface area contributed by atoms with Crippen molar-refractivity contribution in [3.05, 3.63) is 42.7 Å². The Morgan fingerprint density at radius 2 is 1.69 bits per heavy atom. The Hall–Kier alpha value is -3.12. The summed E-state index contributed by atoms with van der Waals surface area (Å²) in [4.78, 5) is 11.5. The summed E-state index contributed by atoms with van der Waals surface area (Å²) >= 11 is 0. The van der Waals surface area contributed by atoms with Gasteiger partial charge in [-0.05, 0) is 50.6 Å². The van der Waals surface area contributed by atoms with Crippen LogP contribution in [0.3, 0.4) is 0 Å². The van der Waals surface area contributed by atoms with Crippen molar-refractivity contribution in [2.75, 3.05) is 46.7 Å². The summed E-state index contributed by atoms with van der Waals surface area (Å²) in [5.74, 6) is 2.26. The van der Waals surface area contributed by atoms with Crippen LogP contribution in [-0.2, 0) is 0 Å². The molecule has 4 rings (SSSR count). The van der Waals surface area contributed by atoms with Gasteiger partial charge in [0.25, 0.3) is 0 Å². The number of hydrogen-bond acceptors (Lipinski definition) is 6. The van der Waals surface area contributed by atoms with Crippen LogP contribution in [0.1, 0.15) is 6.42 Å². The van der Waals surface area contributed by atoms with Gasteiger partial charge >= 0.3 is 0 Å². The first-order valence-corrected chi connectivity index (χ1v) is 9.73. The highest BCUT2D eigenvalue weighted by Gasteiger charge is 2.15. The highest BCUT2D eigenvalue weighted by molar-refractivity contribution is 6.18. The lowest BCUT2D eigenvalue weighted by atomic mass is 10.0. The molecule has 1 N–H and O–H groups in total. The van der Waals surface area contributed by atoms with Gasteiger partial charge in [-0.3, -0.25) is 4.98 Å². The van der Waals surface area contributed by atoms with Crippen LogP contribution in [0.2, 0.25) is 0 Å². The number of nitrogens with one attached hydrogen (secondary N) is 1. The summed E-state index contributed by atoms with van der Waals surface area (Å²) in [6, 6.07) is 10.3. The number of aromatic nitrogens is 2. The van der Waals surface area contributed by atoms with E-state index in [9.17, 15) is 0 Å². The van der Waals surface area contributed by atoms with Gasteiger partial charge in [-0.1, -0.05) is 12.1 Å². The van der Waals surface area contributed by atoms with Crippen LogP contribution in [0.25, 0.3) is 32.4 Å². The molecule has 0 saturated carbocycles. The number of hydrogen-bond donors (Lipinski definition) is 1. The maximum atomic E-state index is 5.56. The van der Waals surface area contributed by atoms with E-state index in [1.54, 1.807) is 14.2 Å². The Balaban J connectivity index is 1.94. The van der Waals surface area contributed by atoms with Crippen molar-refractivity contribution < 1.29 is 9.47 Å². The minimum Gasteiger partial charge on any atom is -0.493 e. The summed E-state index contributed by atoms with van der Waals surface area (Å²) in [7, 11) is 7.49. The molecule has 0 radical (unpaired) electrons. The summed E-state index contributed by atoms with van der Waals surface area (Å²) < 4.78 is 11.1. The van der Waals surface area contributed by atoms with Crippen LogP contribution in [0, 0.1) is 0 Å². The second kappa shape index (κ2) is 8.09. The normalized spacial score (nSPS) is 11.5. The van der Waals surface area contributed by atoms with E-state index in [2.05, 4.69) is 41.4 Å². The molecule has 0 saturated heterocycles. The number of anilines is 1. The molecular formula is C23H26N4O2. The Morgan fingerprint density at radius 3 is 2.41 bits per heavy atom. The molecule has 6 nitrogen and oxygen atoms in total. The van der Waals surface area contributed by atoms with Crippen molar-refractivity contribution >= 4 is 38.3 Å². The zero-order chi connectivity index (χ0) is 20.4. The smallest absolute Gasteiger partial charge is 0.161 e. The van der Waals surface area contributed by atoms with Crippen LogP contribution in [0.4, 0.5) is 5.82 Å². The van der Waals surface area contributed by atoms with E-state index in [1.165, 1.54) is 0 Å². The van der Waals surface area contributed by atoms with Crippen LogP contribution in [0.15, 0.2) is 42.7 Å². The molecule has 0 bridgehead atoms. The summed E-state index contributed by atoms with van der Waals surface area (Å²) in [5, 5.41) is 8.89. The standard InChI is InChI=1S/C23H26N4O2/c1-27(2)11-5-9-25-23-19-13-21(29-4)20(28-3)12-18(19)17-7-6-15-14-24-10-8-16(15)22(17)26-23/h6-8,10,12-14H,5,9,11H2,1-4H3,(H,25,26). The third kappa shape index (κ3) is 3.63. The van der Waals surface area contributed by atoms with Gasteiger partial charge in [0.1, 0.15) is 5.82 Å². The number of benzene rings is 2. The molecule has 6 heteroatoms. The van der Waals surface area contributed by atoms with E-state index < -0.39 is 0 Å². The maximum Gasteiger partial charge on any atom is 0.161 e. The van der Waals surface area contributed by atoms with E-state index >= 15 is 0 Å². The van der Waals surface area contributed by atoms with E-state index in [1.807, 2.05) is 30.6 Å². The van der Waals surface area contributed by atoms with Gasteiger partial charge < -0.3 is 19.7 Å². The first-order valence-electron chi connectivity index (χ1n) is 9.73. The minimum absolute atomic E-state index is 0.697.